The van der Waals surface area contributed by atoms with Gasteiger partial charge in [-0.15, -0.1) is 11.3 Å². The molecule has 3 rings (SSSR count). The second-order valence-electron chi connectivity index (χ2n) is 7.13. The van der Waals surface area contributed by atoms with Crippen LogP contribution in [0, 0.1) is 13.8 Å². The van der Waals surface area contributed by atoms with Gasteiger partial charge in [-0.3, -0.25) is 9.79 Å². The monoisotopic (exact) mass is 415 g/mol. The number of aliphatic imine (C=N–C) groups is 1. The highest BCUT2D eigenvalue weighted by molar-refractivity contribution is 7.11. The molecule has 0 spiro atoms. The van der Waals surface area contributed by atoms with Crippen LogP contribution in [0.25, 0.3) is 0 Å². The topological polar surface area (TPSA) is 87.6 Å². The number of nitrogens with one attached hydrogen (secondary N) is 3. The van der Waals surface area contributed by atoms with E-state index in [1.807, 2.05) is 31.2 Å². The smallest absolute Gasteiger partial charge is 0.258 e. The molecular formula is C21H29N5O2S. The average Bonchev–Trinajstić information content (AvgIpc) is 3.47. The Balaban J connectivity index is 1.35. The molecular weight excluding hydrogens is 386 g/mol. The molecule has 1 aromatic heterocycles. The fourth-order valence-corrected chi connectivity index (χ4v) is 3.59. The third-order valence-electron chi connectivity index (χ3n) is 4.65. The Hall–Kier alpha value is -2.61. The summed E-state index contributed by atoms with van der Waals surface area (Å²) in [5.41, 5.74) is 2.28. The molecule has 1 amide bonds. The summed E-state index contributed by atoms with van der Waals surface area (Å²) in [5, 5.41) is 10.6. The number of guanidine groups is 1. The van der Waals surface area contributed by atoms with Gasteiger partial charge >= 0.3 is 0 Å². The molecule has 0 radical (unpaired) electrons. The highest BCUT2D eigenvalue weighted by atomic mass is 32.1. The van der Waals surface area contributed by atoms with E-state index in [-0.39, 0.29) is 12.5 Å². The number of nitrogens with zero attached hydrogens (tertiary/aromatic N) is 2. The number of carbonyl (C=O) groups is 1. The number of hydrogen-bond donors (Lipinski definition) is 3. The molecule has 1 aliphatic carbocycles. The molecule has 0 unspecified atom stereocenters. The van der Waals surface area contributed by atoms with Gasteiger partial charge in [0, 0.05) is 24.5 Å². The van der Waals surface area contributed by atoms with Gasteiger partial charge in [0.15, 0.2) is 12.6 Å². The minimum atomic E-state index is -0.0530. The third kappa shape index (κ3) is 7.05. The number of thiazole rings is 1. The summed E-state index contributed by atoms with van der Waals surface area (Å²) in [5.74, 6) is 1.42. The van der Waals surface area contributed by atoms with Gasteiger partial charge in [-0.2, -0.15) is 0 Å². The van der Waals surface area contributed by atoms with Crippen molar-refractivity contribution in [3.05, 3.63) is 45.4 Å². The highest BCUT2D eigenvalue weighted by Crippen LogP contribution is 2.18. The van der Waals surface area contributed by atoms with Crippen molar-refractivity contribution in [2.45, 2.75) is 45.7 Å². The number of aromatic nitrogens is 1. The standard InChI is InChI=1S/C21H29N5O2S/c1-14-15(2)29-20(25-14)12-24-21(22-3)23-11-10-16-4-8-18(9-5-16)28-13-19(27)26-17-6-7-17/h4-5,8-9,17H,6-7,10-13H2,1-3H3,(H,26,27)(H2,22,23,24). The first-order valence-electron chi connectivity index (χ1n) is 9.92. The lowest BCUT2D eigenvalue weighted by Crippen LogP contribution is -2.37. The molecule has 7 nitrogen and oxygen atoms in total. The van der Waals surface area contributed by atoms with Crippen molar-refractivity contribution in [3.63, 3.8) is 0 Å². The number of carbonyl (C=O) groups excluding carboxylic acids is 1. The number of benzene rings is 1. The summed E-state index contributed by atoms with van der Waals surface area (Å²) in [6, 6.07) is 8.21. The number of ether oxygens (including phenoxy) is 1. The van der Waals surface area contributed by atoms with Gasteiger partial charge in [-0.05, 0) is 50.8 Å². The van der Waals surface area contributed by atoms with Crippen molar-refractivity contribution >= 4 is 23.2 Å². The van der Waals surface area contributed by atoms with E-state index in [0.717, 1.165) is 42.5 Å². The molecule has 1 heterocycles. The van der Waals surface area contributed by atoms with E-state index < -0.39 is 0 Å². The lowest BCUT2D eigenvalue weighted by molar-refractivity contribution is -0.123. The molecule has 29 heavy (non-hydrogen) atoms. The molecule has 1 saturated carbocycles. The van der Waals surface area contributed by atoms with Crippen LogP contribution in [0.3, 0.4) is 0 Å². The minimum Gasteiger partial charge on any atom is -0.484 e. The zero-order valence-corrected chi connectivity index (χ0v) is 18.1. The predicted octanol–water partition coefficient (Wildman–Crippen LogP) is 2.33. The van der Waals surface area contributed by atoms with Crippen LogP contribution < -0.4 is 20.7 Å². The molecule has 0 bridgehead atoms. The number of rotatable bonds is 9. The van der Waals surface area contributed by atoms with Gasteiger partial charge < -0.3 is 20.7 Å². The fraction of sp³-hybridized carbons (Fsp3) is 0.476. The van der Waals surface area contributed by atoms with Crippen LogP contribution in [0.2, 0.25) is 0 Å². The quantitative estimate of drug-likeness (QED) is 0.432. The van der Waals surface area contributed by atoms with Gasteiger partial charge in [-0.1, -0.05) is 12.1 Å². The molecule has 1 aliphatic rings. The zero-order chi connectivity index (χ0) is 20.6. The van der Waals surface area contributed by atoms with E-state index in [1.54, 1.807) is 18.4 Å². The van der Waals surface area contributed by atoms with Crippen LogP contribution in [-0.4, -0.2) is 43.1 Å². The highest BCUT2D eigenvalue weighted by Gasteiger charge is 2.23. The Kier molecular flexibility index (Phi) is 7.46. The SMILES string of the molecule is CN=C(NCCc1ccc(OCC(=O)NC2CC2)cc1)NCc1nc(C)c(C)s1. The van der Waals surface area contributed by atoms with Crippen LogP contribution in [0.5, 0.6) is 5.75 Å². The Morgan fingerprint density at radius 1 is 1.24 bits per heavy atom. The molecule has 3 N–H and O–H groups in total. The van der Waals surface area contributed by atoms with Gasteiger partial charge in [0.2, 0.25) is 0 Å². The summed E-state index contributed by atoms with van der Waals surface area (Å²) in [4.78, 5) is 21.7. The van der Waals surface area contributed by atoms with E-state index in [9.17, 15) is 4.79 Å². The molecule has 1 aromatic carbocycles. The van der Waals surface area contributed by atoms with Crippen molar-refractivity contribution in [2.24, 2.45) is 4.99 Å². The summed E-state index contributed by atoms with van der Waals surface area (Å²) in [7, 11) is 1.76. The molecule has 156 valence electrons. The van der Waals surface area contributed by atoms with Gasteiger partial charge in [0.1, 0.15) is 10.8 Å². The molecule has 8 heteroatoms. The van der Waals surface area contributed by atoms with Crippen molar-refractivity contribution in [2.75, 3.05) is 20.2 Å². The van der Waals surface area contributed by atoms with E-state index >= 15 is 0 Å². The van der Waals surface area contributed by atoms with Crippen LogP contribution in [-0.2, 0) is 17.8 Å². The molecule has 0 atom stereocenters. The Morgan fingerprint density at radius 2 is 2.00 bits per heavy atom. The Morgan fingerprint density at radius 3 is 2.62 bits per heavy atom. The molecule has 0 aliphatic heterocycles. The summed E-state index contributed by atoms with van der Waals surface area (Å²) in [6.45, 7) is 5.61. The first-order chi connectivity index (χ1) is 14.0. The van der Waals surface area contributed by atoms with Crippen molar-refractivity contribution in [1.82, 2.24) is 20.9 Å². The van der Waals surface area contributed by atoms with E-state index in [2.05, 4.69) is 32.9 Å². The van der Waals surface area contributed by atoms with Crippen LogP contribution in [0.1, 0.15) is 34.0 Å². The second-order valence-corrected chi connectivity index (χ2v) is 8.41. The first kappa shape index (κ1) is 21.1. The lowest BCUT2D eigenvalue weighted by atomic mass is 10.1. The Bertz CT molecular complexity index is 824. The average molecular weight is 416 g/mol. The van der Waals surface area contributed by atoms with E-state index in [0.29, 0.717) is 18.3 Å². The normalized spacial score (nSPS) is 13.8. The Labute approximate surface area is 176 Å². The van der Waals surface area contributed by atoms with Gasteiger partial charge in [0.25, 0.3) is 5.91 Å². The molecule has 1 fully saturated rings. The first-order valence-corrected chi connectivity index (χ1v) is 10.7. The van der Waals surface area contributed by atoms with Crippen molar-refractivity contribution < 1.29 is 9.53 Å². The molecule has 2 aromatic rings. The van der Waals surface area contributed by atoms with Crippen molar-refractivity contribution in [3.8, 4) is 5.75 Å². The van der Waals surface area contributed by atoms with Crippen molar-refractivity contribution in [1.29, 1.82) is 0 Å². The van der Waals surface area contributed by atoms with Crippen LogP contribution >= 0.6 is 11.3 Å². The number of aryl methyl sites for hydroxylation is 2. The summed E-state index contributed by atoms with van der Waals surface area (Å²) >= 11 is 1.71. The second kappa shape index (κ2) is 10.2. The number of amides is 1. The van der Waals surface area contributed by atoms with Gasteiger partial charge in [0.05, 0.1) is 12.2 Å². The van der Waals surface area contributed by atoms with Crippen LogP contribution in [0.15, 0.2) is 29.3 Å². The minimum absolute atomic E-state index is 0.0530. The maximum absolute atomic E-state index is 11.7. The maximum atomic E-state index is 11.7. The molecule has 0 saturated heterocycles. The summed E-state index contributed by atoms with van der Waals surface area (Å²) in [6.07, 6.45) is 3.02. The fourth-order valence-electron chi connectivity index (χ4n) is 2.72. The maximum Gasteiger partial charge on any atom is 0.258 e. The van der Waals surface area contributed by atoms with Gasteiger partial charge in [-0.25, -0.2) is 4.98 Å². The summed E-state index contributed by atoms with van der Waals surface area (Å²) < 4.78 is 5.53. The third-order valence-corrected chi connectivity index (χ3v) is 5.72. The van der Waals surface area contributed by atoms with Crippen LogP contribution in [0.4, 0.5) is 0 Å². The van der Waals surface area contributed by atoms with E-state index in [1.165, 1.54) is 10.4 Å². The largest absolute Gasteiger partial charge is 0.484 e. The zero-order valence-electron chi connectivity index (χ0n) is 17.2. The predicted molar refractivity (Wildman–Crippen MR) is 117 cm³/mol. The lowest BCUT2D eigenvalue weighted by Gasteiger charge is -2.11. The number of hydrogen-bond acceptors (Lipinski definition) is 5. The van der Waals surface area contributed by atoms with E-state index in [4.69, 9.17) is 4.74 Å².